The van der Waals surface area contributed by atoms with E-state index in [-0.39, 0.29) is 5.78 Å². The first kappa shape index (κ1) is 11.0. The molecule has 0 fully saturated rings. The topological polar surface area (TPSA) is 30.0 Å². The Morgan fingerprint density at radius 3 is 2.62 bits per heavy atom. The van der Waals surface area contributed by atoms with Gasteiger partial charge in [-0.2, -0.15) is 0 Å². The molecule has 0 N–H and O–H groups in total. The number of carbonyl (C=O) groups is 1. The lowest BCUT2D eigenvalue weighted by Crippen LogP contribution is -1.94. The first-order valence-electron chi connectivity index (χ1n) is 5.25. The maximum absolute atomic E-state index is 11.1. The van der Waals surface area contributed by atoms with E-state index in [1.54, 1.807) is 18.3 Å². The van der Waals surface area contributed by atoms with Crippen molar-refractivity contribution < 1.29 is 4.79 Å². The van der Waals surface area contributed by atoms with Crippen molar-refractivity contribution in [1.82, 2.24) is 4.98 Å². The van der Waals surface area contributed by atoms with Crippen LogP contribution in [0.15, 0.2) is 35.7 Å². The van der Waals surface area contributed by atoms with E-state index in [0.717, 1.165) is 17.8 Å². The summed E-state index contributed by atoms with van der Waals surface area (Å²) in [5, 5.41) is 2.87. The Bertz CT molecular complexity index is 476. The average Bonchev–Trinajstić information content (AvgIpc) is 2.76. The summed E-state index contributed by atoms with van der Waals surface area (Å²) in [5.74, 6) is 0.0437. The van der Waals surface area contributed by atoms with Crippen molar-refractivity contribution in [2.75, 3.05) is 0 Å². The normalized spacial score (nSPS) is 10.3. The number of aromatic nitrogens is 1. The van der Waals surface area contributed by atoms with E-state index >= 15 is 0 Å². The van der Waals surface area contributed by atoms with Crippen molar-refractivity contribution in [2.45, 2.75) is 19.8 Å². The second-order valence-electron chi connectivity index (χ2n) is 3.67. The summed E-state index contributed by atoms with van der Waals surface area (Å²) < 4.78 is 0. The maximum atomic E-state index is 11.1. The van der Waals surface area contributed by atoms with Crippen molar-refractivity contribution in [1.29, 1.82) is 0 Å². The van der Waals surface area contributed by atoms with E-state index < -0.39 is 0 Å². The van der Waals surface area contributed by atoms with Gasteiger partial charge in [0.25, 0.3) is 0 Å². The van der Waals surface area contributed by atoms with Crippen molar-refractivity contribution in [3.63, 3.8) is 0 Å². The third kappa shape index (κ3) is 2.76. The van der Waals surface area contributed by atoms with Gasteiger partial charge in [-0.3, -0.25) is 4.79 Å². The van der Waals surface area contributed by atoms with Crippen LogP contribution in [0.2, 0.25) is 0 Å². The van der Waals surface area contributed by atoms with Gasteiger partial charge in [0.2, 0.25) is 0 Å². The molecule has 1 aromatic heterocycles. The molecule has 0 unspecified atom stereocenters. The van der Waals surface area contributed by atoms with Gasteiger partial charge in [0.15, 0.2) is 5.78 Å². The van der Waals surface area contributed by atoms with Gasteiger partial charge in [-0.15, -0.1) is 11.3 Å². The van der Waals surface area contributed by atoms with Crippen LogP contribution in [0.5, 0.6) is 0 Å². The Hall–Kier alpha value is -1.48. The lowest BCUT2D eigenvalue weighted by atomic mass is 10.1. The first-order valence-corrected chi connectivity index (χ1v) is 6.13. The van der Waals surface area contributed by atoms with Crippen LogP contribution >= 0.6 is 11.3 Å². The number of Topliss-reactive ketones (excluding diaryl/α,β-unsaturated/α-hetero) is 1. The number of hydrogen-bond acceptors (Lipinski definition) is 3. The molecule has 0 amide bonds. The third-order valence-electron chi connectivity index (χ3n) is 2.38. The summed E-state index contributed by atoms with van der Waals surface area (Å²) in [6.07, 6.45) is 1.88. The van der Waals surface area contributed by atoms with Gasteiger partial charge in [0, 0.05) is 18.7 Å². The van der Waals surface area contributed by atoms with E-state index in [9.17, 15) is 4.79 Å². The molecule has 0 atom stereocenters. The molecule has 0 saturated heterocycles. The first-order chi connectivity index (χ1) is 7.75. The van der Waals surface area contributed by atoms with E-state index in [0.29, 0.717) is 5.69 Å². The fraction of sp³-hybridized carbons (Fsp3) is 0.231. The number of rotatable bonds is 4. The summed E-state index contributed by atoms with van der Waals surface area (Å²) in [4.78, 5) is 15.4. The molecule has 2 nitrogen and oxygen atoms in total. The molecule has 0 saturated carbocycles. The molecule has 0 spiro atoms. The third-order valence-corrected chi connectivity index (χ3v) is 3.29. The molecule has 2 aromatic rings. The largest absolute Gasteiger partial charge is 0.293 e. The molecule has 0 bridgehead atoms. The van der Waals surface area contributed by atoms with Crippen LogP contribution in [0.4, 0.5) is 0 Å². The highest BCUT2D eigenvalue weighted by Gasteiger charge is 2.05. The smallest absolute Gasteiger partial charge is 0.178 e. The van der Waals surface area contributed by atoms with Crippen LogP contribution in [0.25, 0.3) is 0 Å². The van der Waals surface area contributed by atoms with E-state index in [2.05, 4.69) is 17.1 Å². The zero-order valence-corrected chi connectivity index (χ0v) is 9.96. The molecule has 1 aromatic carbocycles. The number of aryl methyl sites for hydroxylation is 2. The molecule has 2 rings (SSSR count). The maximum Gasteiger partial charge on any atom is 0.178 e. The molecule has 0 radical (unpaired) electrons. The van der Waals surface area contributed by atoms with Gasteiger partial charge in [-0.1, -0.05) is 30.3 Å². The molecule has 3 heteroatoms. The predicted octanol–water partition coefficient (Wildman–Crippen LogP) is 3.13. The van der Waals surface area contributed by atoms with Crippen molar-refractivity contribution in [3.8, 4) is 0 Å². The minimum atomic E-state index is 0.0437. The zero-order chi connectivity index (χ0) is 11.4. The second-order valence-corrected chi connectivity index (χ2v) is 4.61. The van der Waals surface area contributed by atoms with Gasteiger partial charge < -0.3 is 0 Å². The highest BCUT2D eigenvalue weighted by molar-refractivity contribution is 7.09. The lowest BCUT2D eigenvalue weighted by Gasteiger charge is -1.97. The number of carbonyl (C=O) groups excluding carboxylic acids is 1. The van der Waals surface area contributed by atoms with Crippen LogP contribution in [0.3, 0.4) is 0 Å². The minimum absolute atomic E-state index is 0.0437. The van der Waals surface area contributed by atoms with Gasteiger partial charge in [-0.05, 0) is 12.0 Å². The molecule has 0 aliphatic carbocycles. The van der Waals surface area contributed by atoms with Crippen LogP contribution in [-0.2, 0) is 12.8 Å². The van der Waals surface area contributed by atoms with Gasteiger partial charge >= 0.3 is 0 Å². The average molecular weight is 231 g/mol. The Morgan fingerprint density at radius 1 is 1.25 bits per heavy atom. The van der Waals surface area contributed by atoms with Gasteiger partial charge in [0.1, 0.15) is 5.69 Å². The molecule has 16 heavy (non-hydrogen) atoms. The molecule has 0 aliphatic rings. The summed E-state index contributed by atoms with van der Waals surface area (Å²) in [6.45, 7) is 1.55. The molecular weight excluding hydrogens is 218 g/mol. The highest BCUT2D eigenvalue weighted by Crippen LogP contribution is 2.13. The van der Waals surface area contributed by atoms with Crippen LogP contribution in [0, 0.1) is 0 Å². The van der Waals surface area contributed by atoms with E-state index in [1.807, 2.05) is 23.6 Å². The fourth-order valence-corrected chi connectivity index (χ4v) is 2.32. The minimum Gasteiger partial charge on any atom is -0.293 e. The quantitative estimate of drug-likeness (QED) is 0.757. The Morgan fingerprint density at radius 2 is 2.00 bits per heavy atom. The number of hydrogen-bond donors (Lipinski definition) is 0. The molecule has 1 heterocycles. The summed E-state index contributed by atoms with van der Waals surface area (Å²) >= 11 is 1.57. The van der Waals surface area contributed by atoms with Crippen molar-refractivity contribution >= 4 is 17.1 Å². The Kier molecular flexibility index (Phi) is 3.47. The number of benzene rings is 1. The van der Waals surface area contributed by atoms with Gasteiger partial charge in [-0.25, -0.2) is 4.98 Å². The molecule has 82 valence electrons. The summed E-state index contributed by atoms with van der Waals surface area (Å²) in [6, 6.07) is 10.3. The molecular formula is C13H13NOS. The Balaban J connectivity index is 1.97. The number of nitrogens with zero attached hydrogens (tertiary/aromatic N) is 1. The van der Waals surface area contributed by atoms with Crippen molar-refractivity contribution in [2.24, 2.45) is 0 Å². The number of ketones is 1. The monoisotopic (exact) mass is 231 g/mol. The predicted molar refractivity (Wildman–Crippen MR) is 66.0 cm³/mol. The summed E-state index contributed by atoms with van der Waals surface area (Å²) in [5.41, 5.74) is 1.90. The van der Waals surface area contributed by atoms with Gasteiger partial charge in [0.05, 0.1) is 5.01 Å². The fourth-order valence-electron chi connectivity index (χ4n) is 1.48. The summed E-state index contributed by atoms with van der Waals surface area (Å²) in [7, 11) is 0. The zero-order valence-electron chi connectivity index (χ0n) is 9.14. The second kappa shape index (κ2) is 5.03. The highest BCUT2D eigenvalue weighted by atomic mass is 32.1. The lowest BCUT2D eigenvalue weighted by molar-refractivity contribution is 0.101. The Labute approximate surface area is 99.0 Å². The van der Waals surface area contributed by atoms with E-state index in [4.69, 9.17) is 0 Å². The van der Waals surface area contributed by atoms with Crippen LogP contribution < -0.4 is 0 Å². The molecule has 0 aliphatic heterocycles. The number of thiazole rings is 1. The van der Waals surface area contributed by atoms with E-state index in [1.165, 1.54) is 5.56 Å². The standard InChI is InChI=1S/C13H13NOS/c1-10(15)12-9-16-13(14-12)8-7-11-5-3-2-4-6-11/h2-6,9H,7-8H2,1H3. The van der Waals surface area contributed by atoms with Crippen molar-refractivity contribution in [3.05, 3.63) is 52.0 Å². The SMILES string of the molecule is CC(=O)c1csc(CCc2ccccc2)n1. The van der Waals surface area contributed by atoms with Crippen LogP contribution in [0.1, 0.15) is 28.0 Å². The van der Waals surface area contributed by atoms with Crippen LogP contribution in [-0.4, -0.2) is 10.8 Å².